The zero-order valence-electron chi connectivity index (χ0n) is 6.99. The summed E-state index contributed by atoms with van der Waals surface area (Å²) < 4.78 is 0. The molecule has 0 amide bonds. The standard InChI is InChI=1S/C9H11N3/c1-2-9(11)8-6-12-4-3-7(8)5-10/h3-4,6,9H,2,11H2,1H3/t9-/m1/s1. The summed E-state index contributed by atoms with van der Waals surface area (Å²) in [5.74, 6) is 0. The van der Waals surface area contributed by atoms with Crippen LogP contribution in [0.3, 0.4) is 0 Å². The highest BCUT2D eigenvalue weighted by atomic mass is 14.7. The van der Waals surface area contributed by atoms with Crippen LogP contribution in [-0.4, -0.2) is 4.98 Å². The fraction of sp³-hybridized carbons (Fsp3) is 0.333. The average molecular weight is 161 g/mol. The first-order valence-electron chi connectivity index (χ1n) is 3.89. The molecule has 2 N–H and O–H groups in total. The molecule has 0 aliphatic rings. The number of nitrogens with two attached hydrogens (primary N) is 1. The van der Waals surface area contributed by atoms with Crippen molar-refractivity contribution in [3.63, 3.8) is 0 Å². The Morgan fingerprint density at radius 3 is 3.08 bits per heavy atom. The first-order chi connectivity index (χ1) is 5.79. The first-order valence-corrected chi connectivity index (χ1v) is 3.89. The predicted octanol–water partition coefficient (Wildman–Crippen LogP) is 1.36. The molecule has 3 heteroatoms. The van der Waals surface area contributed by atoms with E-state index in [2.05, 4.69) is 11.1 Å². The molecule has 0 saturated carbocycles. The van der Waals surface area contributed by atoms with Gasteiger partial charge in [-0.1, -0.05) is 6.92 Å². The van der Waals surface area contributed by atoms with Gasteiger partial charge in [0, 0.05) is 24.0 Å². The Kier molecular flexibility index (Phi) is 2.78. The molecule has 0 fully saturated rings. The van der Waals surface area contributed by atoms with E-state index < -0.39 is 0 Å². The van der Waals surface area contributed by atoms with Crippen molar-refractivity contribution in [3.05, 3.63) is 29.6 Å². The SMILES string of the molecule is CC[C@@H](N)c1cnccc1C#N. The smallest absolute Gasteiger partial charge is 0.0996 e. The summed E-state index contributed by atoms with van der Waals surface area (Å²) in [6.45, 7) is 1.98. The topological polar surface area (TPSA) is 62.7 Å². The lowest BCUT2D eigenvalue weighted by atomic mass is 10.0. The van der Waals surface area contributed by atoms with E-state index in [9.17, 15) is 0 Å². The minimum absolute atomic E-state index is 0.0756. The van der Waals surface area contributed by atoms with Crippen LogP contribution in [0.1, 0.15) is 30.5 Å². The number of pyridine rings is 1. The van der Waals surface area contributed by atoms with Crippen molar-refractivity contribution in [1.29, 1.82) is 5.26 Å². The maximum Gasteiger partial charge on any atom is 0.0996 e. The van der Waals surface area contributed by atoms with Gasteiger partial charge in [-0.15, -0.1) is 0 Å². The normalized spacial score (nSPS) is 12.1. The van der Waals surface area contributed by atoms with Crippen molar-refractivity contribution in [2.75, 3.05) is 0 Å². The van der Waals surface area contributed by atoms with E-state index in [1.54, 1.807) is 18.5 Å². The third-order valence-electron chi connectivity index (χ3n) is 1.81. The molecule has 1 atom stereocenters. The van der Waals surface area contributed by atoms with Gasteiger partial charge in [0.25, 0.3) is 0 Å². The van der Waals surface area contributed by atoms with Crippen LogP contribution < -0.4 is 5.73 Å². The molecule has 0 bridgehead atoms. The zero-order valence-corrected chi connectivity index (χ0v) is 6.99. The van der Waals surface area contributed by atoms with Crippen molar-refractivity contribution in [1.82, 2.24) is 4.98 Å². The lowest BCUT2D eigenvalue weighted by molar-refractivity contribution is 0.693. The van der Waals surface area contributed by atoms with E-state index in [1.165, 1.54) is 0 Å². The van der Waals surface area contributed by atoms with Crippen LogP contribution in [0.15, 0.2) is 18.5 Å². The molecular weight excluding hydrogens is 150 g/mol. The lowest BCUT2D eigenvalue weighted by Crippen LogP contribution is -2.10. The summed E-state index contributed by atoms with van der Waals surface area (Å²) in [6.07, 6.45) is 4.08. The Bertz CT molecular complexity index is 301. The largest absolute Gasteiger partial charge is 0.324 e. The van der Waals surface area contributed by atoms with Gasteiger partial charge in [-0.05, 0) is 12.5 Å². The molecule has 1 rings (SSSR count). The number of hydrogen-bond acceptors (Lipinski definition) is 3. The molecule has 0 spiro atoms. The average Bonchev–Trinajstić information content (AvgIpc) is 2.16. The first kappa shape index (κ1) is 8.69. The van der Waals surface area contributed by atoms with Crippen molar-refractivity contribution in [2.45, 2.75) is 19.4 Å². The third kappa shape index (κ3) is 1.60. The van der Waals surface area contributed by atoms with Gasteiger partial charge < -0.3 is 5.73 Å². The fourth-order valence-electron chi connectivity index (χ4n) is 1.02. The Hall–Kier alpha value is -1.40. The van der Waals surface area contributed by atoms with Crippen molar-refractivity contribution >= 4 is 0 Å². The number of nitrogens with zero attached hydrogens (tertiary/aromatic N) is 2. The fourth-order valence-corrected chi connectivity index (χ4v) is 1.02. The number of rotatable bonds is 2. The van der Waals surface area contributed by atoms with Gasteiger partial charge >= 0.3 is 0 Å². The lowest BCUT2D eigenvalue weighted by Gasteiger charge is -2.09. The summed E-state index contributed by atoms with van der Waals surface area (Å²) in [5, 5.41) is 8.73. The Labute approximate surface area is 71.8 Å². The van der Waals surface area contributed by atoms with Gasteiger partial charge in [0.1, 0.15) is 0 Å². The molecule has 3 nitrogen and oxygen atoms in total. The number of hydrogen-bond donors (Lipinski definition) is 1. The second-order valence-electron chi connectivity index (χ2n) is 2.59. The summed E-state index contributed by atoms with van der Waals surface area (Å²) in [6, 6.07) is 3.70. The molecule has 12 heavy (non-hydrogen) atoms. The number of aromatic nitrogens is 1. The molecule has 1 aromatic heterocycles. The maximum absolute atomic E-state index is 8.73. The second kappa shape index (κ2) is 3.84. The molecule has 0 radical (unpaired) electrons. The van der Waals surface area contributed by atoms with Gasteiger partial charge in [-0.25, -0.2) is 0 Å². The minimum atomic E-state index is -0.0756. The highest BCUT2D eigenvalue weighted by Gasteiger charge is 2.07. The van der Waals surface area contributed by atoms with Crippen LogP contribution in [-0.2, 0) is 0 Å². The molecule has 62 valence electrons. The van der Waals surface area contributed by atoms with E-state index in [1.807, 2.05) is 6.92 Å². The molecule has 1 aromatic rings. The highest BCUT2D eigenvalue weighted by Crippen LogP contribution is 2.15. The van der Waals surface area contributed by atoms with Gasteiger partial charge in [-0.3, -0.25) is 4.98 Å². The zero-order chi connectivity index (χ0) is 8.97. The van der Waals surface area contributed by atoms with Crippen LogP contribution in [0.5, 0.6) is 0 Å². The molecule has 0 aliphatic heterocycles. The summed E-state index contributed by atoms with van der Waals surface area (Å²) in [4.78, 5) is 3.93. The molecule has 0 unspecified atom stereocenters. The van der Waals surface area contributed by atoms with E-state index in [0.29, 0.717) is 5.56 Å². The van der Waals surface area contributed by atoms with Crippen molar-refractivity contribution in [2.24, 2.45) is 5.73 Å². The minimum Gasteiger partial charge on any atom is -0.324 e. The van der Waals surface area contributed by atoms with Crippen LogP contribution in [0, 0.1) is 11.3 Å². The molecule has 0 saturated heterocycles. The Morgan fingerprint density at radius 1 is 1.75 bits per heavy atom. The van der Waals surface area contributed by atoms with Crippen LogP contribution in [0.2, 0.25) is 0 Å². The van der Waals surface area contributed by atoms with E-state index in [0.717, 1.165) is 12.0 Å². The quantitative estimate of drug-likeness (QED) is 0.712. The second-order valence-corrected chi connectivity index (χ2v) is 2.59. The van der Waals surface area contributed by atoms with Crippen LogP contribution >= 0.6 is 0 Å². The monoisotopic (exact) mass is 161 g/mol. The van der Waals surface area contributed by atoms with Crippen LogP contribution in [0.4, 0.5) is 0 Å². The molecule has 1 heterocycles. The Morgan fingerprint density at radius 2 is 2.50 bits per heavy atom. The van der Waals surface area contributed by atoms with Crippen molar-refractivity contribution in [3.8, 4) is 6.07 Å². The van der Waals surface area contributed by atoms with Gasteiger partial charge in [0.15, 0.2) is 0 Å². The molecular formula is C9H11N3. The van der Waals surface area contributed by atoms with Gasteiger partial charge in [0.05, 0.1) is 11.6 Å². The van der Waals surface area contributed by atoms with Crippen molar-refractivity contribution < 1.29 is 0 Å². The summed E-state index contributed by atoms with van der Waals surface area (Å²) in [5.41, 5.74) is 7.24. The third-order valence-corrected chi connectivity index (χ3v) is 1.81. The maximum atomic E-state index is 8.73. The van der Waals surface area contributed by atoms with Gasteiger partial charge in [0.2, 0.25) is 0 Å². The van der Waals surface area contributed by atoms with Crippen LogP contribution in [0.25, 0.3) is 0 Å². The summed E-state index contributed by atoms with van der Waals surface area (Å²) >= 11 is 0. The molecule has 0 aliphatic carbocycles. The Balaban J connectivity index is 3.07. The van der Waals surface area contributed by atoms with E-state index in [4.69, 9.17) is 11.0 Å². The number of nitriles is 1. The molecule has 0 aromatic carbocycles. The predicted molar refractivity (Wildman–Crippen MR) is 46.2 cm³/mol. The highest BCUT2D eigenvalue weighted by molar-refractivity contribution is 5.36. The van der Waals surface area contributed by atoms with E-state index >= 15 is 0 Å². The summed E-state index contributed by atoms with van der Waals surface area (Å²) in [7, 11) is 0. The van der Waals surface area contributed by atoms with Gasteiger partial charge in [-0.2, -0.15) is 5.26 Å². The van der Waals surface area contributed by atoms with E-state index in [-0.39, 0.29) is 6.04 Å².